The quantitative estimate of drug-likeness (QED) is 0.878. The molecule has 0 saturated heterocycles. The highest BCUT2D eigenvalue weighted by molar-refractivity contribution is 5.70. The number of anilines is 1. The Bertz CT molecular complexity index is 447. The van der Waals surface area contributed by atoms with Crippen molar-refractivity contribution in [2.24, 2.45) is 5.92 Å². The first-order chi connectivity index (χ1) is 7.99. The Labute approximate surface area is 99.9 Å². The lowest BCUT2D eigenvalue weighted by molar-refractivity contribution is -0.141. The molecule has 1 aromatic rings. The number of rotatable bonds is 3. The van der Waals surface area contributed by atoms with Gasteiger partial charge in [-0.15, -0.1) is 0 Å². The van der Waals surface area contributed by atoms with Gasteiger partial charge < -0.3 is 10.0 Å². The first-order valence-corrected chi connectivity index (χ1v) is 5.72. The van der Waals surface area contributed by atoms with Crippen molar-refractivity contribution < 1.29 is 14.3 Å². The molecule has 0 bridgehead atoms. The molecule has 1 N–H and O–H groups in total. The van der Waals surface area contributed by atoms with Crippen LogP contribution in [0, 0.1) is 11.7 Å². The van der Waals surface area contributed by atoms with Gasteiger partial charge in [0.1, 0.15) is 5.82 Å². The molecule has 2 rings (SSSR count). The zero-order valence-corrected chi connectivity index (χ0v) is 9.98. The van der Waals surface area contributed by atoms with E-state index in [1.165, 1.54) is 12.1 Å². The van der Waals surface area contributed by atoms with Gasteiger partial charge in [0.25, 0.3) is 0 Å². The van der Waals surface area contributed by atoms with Crippen molar-refractivity contribution in [3.05, 3.63) is 29.6 Å². The van der Waals surface area contributed by atoms with Crippen LogP contribution in [0.2, 0.25) is 0 Å². The lowest BCUT2D eigenvalue weighted by Crippen LogP contribution is -2.19. The summed E-state index contributed by atoms with van der Waals surface area (Å²) in [5.41, 5.74) is 1.94. The second kappa shape index (κ2) is 4.35. The fourth-order valence-electron chi connectivity index (χ4n) is 2.46. The topological polar surface area (TPSA) is 40.5 Å². The highest BCUT2D eigenvalue weighted by Crippen LogP contribution is 2.38. The first-order valence-electron chi connectivity index (χ1n) is 5.72. The zero-order valence-electron chi connectivity index (χ0n) is 9.98. The van der Waals surface area contributed by atoms with Crippen LogP contribution in [-0.4, -0.2) is 24.7 Å². The second-order valence-electron chi connectivity index (χ2n) is 4.76. The summed E-state index contributed by atoms with van der Waals surface area (Å²) in [6.45, 7) is 2.45. The molecule has 2 unspecified atom stereocenters. The van der Waals surface area contributed by atoms with E-state index in [-0.39, 0.29) is 11.7 Å². The van der Waals surface area contributed by atoms with Crippen molar-refractivity contribution >= 4 is 11.7 Å². The van der Waals surface area contributed by atoms with Gasteiger partial charge in [-0.2, -0.15) is 0 Å². The minimum absolute atomic E-state index is 0.108. The molecule has 0 aliphatic carbocycles. The molecule has 0 aromatic heterocycles. The molecule has 0 amide bonds. The van der Waals surface area contributed by atoms with Crippen LogP contribution in [0.1, 0.15) is 24.8 Å². The average molecular weight is 237 g/mol. The number of halogens is 1. The van der Waals surface area contributed by atoms with E-state index in [0.717, 1.165) is 17.8 Å². The molecular formula is C13H16FNO2. The highest BCUT2D eigenvalue weighted by atomic mass is 19.1. The number of carbonyl (C=O) groups is 1. The molecule has 1 aliphatic rings. The van der Waals surface area contributed by atoms with E-state index in [1.807, 2.05) is 11.9 Å². The fraction of sp³-hybridized carbons (Fsp3) is 0.462. The van der Waals surface area contributed by atoms with Gasteiger partial charge in [0.2, 0.25) is 0 Å². The molecular weight excluding hydrogens is 221 g/mol. The monoisotopic (exact) mass is 237 g/mol. The smallest absolute Gasteiger partial charge is 0.306 e. The van der Waals surface area contributed by atoms with Crippen LogP contribution >= 0.6 is 0 Å². The molecule has 0 radical (unpaired) electrons. The molecule has 0 fully saturated rings. The Hall–Kier alpha value is -1.58. The Morgan fingerprint density at radius 3 is 3.00 bits per heavy atom. The van der Waals surface area contributed by atoms with E-state index in [0.29, 0.717) is 6.42 Å². The second-order valence-corrected chi connectivity index (χ2v) is 4.76. The van der Waals surface area contributed by atoms with Gasteiger partial charge in [-0.05, 0) is 30.2 Å². The number of fused-ring (bicyclic) bond motifs is 1. The Balaban J connectivity index is 2.24. The lowest BCUT2D eigenvalue weighted by Gasteiger charge is -2.14. The normalized spacial score (nSPS) is 20.2. The standard InChI is InChI=1S/C13H16FNO2/c1-8(13(16)17)5-9-7-15(2)12-4-3-10(14)6-11(9)12/h3-4,6,8-9H,5,7H2,1-2H3,(H,16,17). The third-order valence-electron chi connectivity index (χ3n) is 3.39. The predicted octanol–water partition coefficient (Wildman–Crippen LogP) is 2.47. The Kier molecular flexibility index (Phi) is 3.05. The number of hydrogen-bond acceptors (Lipinski definition) is 2. The van der Waals surface area contributed by atoms with E-state index < -0.39 is 11.9 Å². The SMILES string of the molecule is CC(CC1CN(C)c2ccc(F)cc21)C(=O)O. The third kappa shape index (κ3) is 2.25. The average Bonchev–Trinajstić information content (AvgIpc) is 2.55. The number of carboxylic acid groups (broad SMARTS) is 1. The maximum atomic E-state index is 13.2. The maximum absolute atomic E-state index is 13.2. The molecule has 2 atom stereocenters. The summed E-state index contributed by atoms with van der Waals surface area (Å²) in [4.78, 5) is 12.9. The summed E-state index contributed by atoms with van der Waals surface area (Å²) in [6, 6.07) is 4.73. The molecule has 3 nitrogen and oxygen atoms in total. The van der Waals surface area contributed by atoms with Crippen LogP contribution in [0.4, 0.5) is 10.1 Å². The number of benzene rings is 1. The van der Waals surface area contributed by atoms with Crippen LogP contribution < -0.4 is 4.90 Å². The van der Waals surface area contributed by atoms with Crippen molar-refractivity contribution in [2.75, 3.05) is 18.5 Å². The van der Waals surface area contributed by atoms with E-state index in [1.54, 1.807) is 13.0 Å². The minimum Gasteiger partial charge on any atom is -0.481 e. The Morgan fingerprint density at radius 1 is 1.65 bits per heavy atom. The number of nitrogens with zero attached hydrogens (tertiary/aromatic N) is 1. The van der Waals surface area contributed by atoms with Crippen molar-refractivity contribution in [1.29, 1.82) is 0 Å². The van der Waals surface area contributed by atoms with Crippen LogP contribution in [0.3, 0.4) is 0 Å². The van der Waals surface area contributed by atoms with Crippen molar-refractivity contribution in [2.45, 2.75) is 19.3 Å². The highest BCUT2D eigenvalue weighted by Gasteiger charge is 2.29. The van der Waals surface area contributed by atoms with Gasteiger partial charge in [0, 0.05) is 25.2 Å². The molecule has 4 heteroatoms. The van der Waals surface area contributed by atoms with Crippen molar-refractivity contribution in [3.63, 3.8) is 0 Å². The Morgan fingerprint density at radius 2 is 2.35 bits per heavy atom. The van der Waals surface area contributed by atoms with Crippen molar-refractivity contribution in [3.8, 4) is 0 Å². The third-order valence-corrected chi connectivity index (χ3v) is 3.39. The lowest BCUT2D eigenvalue weighted by atomic mass is 9.91. The molecule has 92 valence electrons. The van der Waals surface area contributed by atoms with Gasteiger partial charge in [0.05, 0.1) is 5.92 Å². The molecule has 17 heavy (non-hydrogen) atoms. The molecule has 1 heterocycles. The zero-order chi connectivity index (χ0) is 12.6. The number of carboxylic acids is 1. The summed E-state index contributed by atoms with van der Waals surface area (Å²) in [7, 11) is 1.95. The minimum atomic E-state index is -0.794. The van der Waals surface area contributed by atoms with Crippen LogP contribution in [0.25, 0.3) is 0 Å². The van der Waals surface area contributed by atoms with Gasteiger partial charge in [0.15, 0.2) is 0 Å². The number of likely N-dealkylation sites (N-methyl/N-ethyl adjacent to an activating group) is 1. The van der Waals surface area contributed by atoms with Crippen LogP contribution in [0.15, 0.2) is 18.2 Å². The summed E-state index contributed by atoms with van der Waals surface area (Å²) >= 11 is 0. The maximum Gasteiger partial charge on any atom is 0.306 e. The number of aliphatic carboxylic acids is 1. The molecule has 1 aromatic carbocycles. The van der Waals surface area contributed by atoms with Gasteiger partial charge in [-0.1, -0.05) is 6.92 Å². The molecule has 0 saturated carbocycles. The summed E-state index contributed by atoms with van der Waals surface area (Å²) in [5, 5.41) is 8.92. The first kappa shape index (κ1) is 11.9. The van der Waals surface area contributed by atoms with Crippen molar-refractivity contribution in [1.82, 2.24) is 0 Å². The van der Waals surface area contributed by atoms with Gasteiger partial charge >= 0.3 is 5.97 Å². The van der Waals surface area contributed by atoms with Gasteiger partial charge in [-0.3, -0.25) is 4.79 Å². The van der Waals surface area contributed by atoms with E-state index >= 15 is 0 Å². The fourth-order valence-corrected chi connectivity index (χ4v) is 2.46. The summed E-state index contributed by atoms with van der Waals surface area (Å²) in [5.74, 6) is -1.34. The van der Waals surface area contributed by atoms with Crippen LogP contribution in [-0.2, 0) is 4.79 Å². The number of hydrogen-bond donors (Lipinski definition) is 1. The van der Waals surface area contributed by atoms with Gasteiger partial charge in [-0.25, -0.2) is 4.39 Å². The molecule has 1 aliphatic heterocycles. The molecule has 0 spiro atoms. The van der Waals surface area contributed by atoms with E-state index in [2.05, 4.69) is 0 Å². The largest absolute Gasteiger partial charge is 0.481 e. The van der Waals surface area contributed by atoms with E-state index in [9.17, 15) is 9.18 Å². The predicted molar refractivity (Wildman–Crippen MR) is 63.8 cm³/mol. The van der Waals surface area contributed by atoms with Crippen LogP contribution in [0.5, 0.6) is 0 Å². The summed E-state index contributed by atoms with van der Waals surface area (Å²) < 4.78 is 13.2. The summed E-state index contributed by atoms with van der Waals surface area (Å²) in [6.07, 6.45) is 0.552. The van der Waals surface area contributed by atoms with E-state index in [4.69, 9.17) is 5.11 Å².